The zero-order valence-electron chi connectivity index (χ0n) is 19.9. The van der Waals surface area contributed by atoms with Gasteiger partial charge in [-0.05, 0) is 31.0 Å². The van der Waals surface area contributed by atoms with Crippen LogP contribution in [0.1, 0.15) is 38.3 Å². The van der Waals surface area contributed by atoms with Gasteiger partial charge in [-0.2, -0.15) is 0 Å². The summed E-state index contributed by atoms with van der Waals surface area (Å²) in [5.74, 6) is 0.332. The van der Waals surface area contributed by atoms with Gasteiger partial charge >= 0.3 is 12.0 Å². The van der Waals surface area contributed by atoms with Crippen molar-refractivity contribution in [1.29, 1.82) is 0 Å². The van der Waals surface area contributed by atoms with Crippen LogP contribution in [0.2, 0.25) is 0 Å². The number of carbonyl (C=O) groups is 3. The number of esters is 1. The van der Waals surface area contributed by atoms with Crippen molar-refractivity contribution in [3.05, 3.63) is 41.1 Å². The molecule has 3 rings (SSSR count). The molecule has 1 aromatic rings. The predicted molar refractivity (Wildman–Crippen MR) is 124 cm³/mol. The van der Waals surface area contributed by atoms with Crippen molar-refractivity contribution in [1.82, 2.24) is 20.0 Å². The van der Waals surface area contributed by atoms with E-state index in [2.05, 4.69) is 10.2 Å². The smallest absolute Gasteiger partial charge is 0.338 e. The van der Waals surface area contributed by atoms with Gasteiger partial charge in [-0.15, -0.1) is 0 Å². The van der Waals surface area contributed by atoms with Crippen molar-refractivity contribution in [2.24, 2.45) is 0 Å². The first kappa shape index (κ1) is 24.6. The molecule has 0 aromatic heterocycles. The Hall–Kier alpha value is -3.07. The summed E-state index contributed by atoms with van der Waals surface area (Å²) in [5, 5.41) is 2.93. The molecule has 2 heterocycles. The highest BCUT2D eigenvalue weighted by Crippen LogP contribution is 2.33. The molecule has 0 bridgehead atoms. The van der Waals surface area contributed by atoms with E-state index < -0.39 is 12.0 Å². The Morgan fingerprint density at radius 3 is 2.64 bits per heavy atom. The van der Waals surface area contributed by atoms with Gasteiger partial charge in [-0.25, -0.2) is 9.59 Å². The molecule has 180 valence electrons. The number of nitrogens with one attached hydrogen (secondary N) is 1. The molecule has 33 heavy (non-hydrogen) atoms. The van der Waals surface area contributed by atoms with E-state index in [-0.39, 0.29) is 18.5 Å². The number of hydrogen-bond donors (Lipinski definition) is 1. The van der Waals surface area contributed by atoms with E-state index in [1.807, 2.05) is 36.1 Å². The standard InChI is InChI=1S/C24H34N4O5/c1-5-20(29)28-12-8-11-27(13-14-28)16-19-21(23(30)33-6-2)22(25-24(31)26(19)3)17-9-7-10-18(15-17)32-4/h7,9-10,15,22H,5-6,8,11-14,16H2,1-4H3,(H,25,31). The Balaban J connectivity index is 1.96. The second-order valence-corrected chi connectivity index (χ2v) is 8.16. The third kappa shape index (κ3) is 5.65. The molecule has 1 N–H and O–H groups in total. The number of urea groups is 1. The summed E-state index contributed by atoms with van der Waals surface area (Å²) >= 11 is 0. The fourth-order valence-electron chi connectivity index (χ4n) is 4.28. The van der Waals surface area contributed by atoms with Crippen LogP contribution in [0.3, 0.4) is 0 Å². The summed E-state index contributed by atoms with van der Waals surface area (Å²) in [4.78, 5) is 43.7. The van der Waals surface area contributed by atoms with Gasteiger partial charge in [-0.3, -0.25) is 14.6 Å². The topological polar surface area (TPSA) is 91.4 Å². The highest BCUT2D eigenvalue weighted by Gasteiger charge is 2.37. The van der Waals surface area contributed by atoms with Crippen molar-refractivity contribution < 1.29 is 23.9 Å². The lowest BCUT2D eigenvalue weighted by Gasteiger charge is -2.36. The molecule has 1 atom stereocenters. The summed E-state index contributed by atoms with van der Waals surface area (Å²) in [7, 11) is 3.24. The molecule has 1 saturated heterocycles. The van der Waals surface area contributed by atoms with Crippen molar-refractivity contribution in [3.8, 4) is 5.75 Å². The molecule has 9 nitrogen and oxygen atoms in total. The molecule has 2 aliphatic rings. The lowest BCUT2D eigenvalue weighted by molar-refractivity contribution is -0.139. The number of methoxy groups -OCH3 is 1. The van der Waals surface area contributed by atoms with Crippen LogP contribution in [-0.2, 0) is 14.3 Å². The predicted octanol–water partition coefficient (Wildman–Crippen LogP) is 2.15. The van der Waals surface area contributed by atoms with Gasteiger partial charge in [0, 0.05) is 51.9 Å². The zero-order chi connectivity index (χ0) is 24.0. The number of nitrogens with zero attached hydrogens (tertiary/aromatic N) is 3. The summed E-state index contributed by atoms with van der Waals surface area (Å²) in [6, 6.07) is 6.37. The Labute approximate surface area is 195 Å². The number of likely N-dealkylation sites (N-methyl/N-ethyl adjacent to an activating group) is 1. The first-order valence-electron chi connectivity index (χ1n) is 11.5. The van der Waals surface area contributed by atoms with E-state index in [9.17, 15) is 14.4 Å². The van der Waals surface area contributed by atoms with Crippen LogP contribution in [-0.4, -0.2) is 86.1 Å². The molecule has 0 radical (unpaired) electrons. The quantitative estimate of drug-likeness (QED) is 0.630. The van der Waals surface area contributed by atoms with E-state index in [0.29, 0.717) is 43.1 Å². The number of benzene rings is 1. The largest absolute Gasteiger partial charge is 0.497 e. The van der Waals surface area contributed by atoms with Gasteiger partial charge < -0.3 is 19.7 Å². The van der Waals surface area contributed by atoms with Crippen LogP contribution < -0.4 is 10.1 Å². The van der Waals surface area contributed by atoms with Crippen LogP contribution in [0.25, 0.3) is 0 Å². The SMILES string of the molecule is CCOC(=O)C1=C(CN2CCCN(C(=O)CC)CC2)N(C)C(=O)NC1c1cccc(OC)c1. The molecule has 1 unspecified atom stereocenters. The summed E-state index contributed by atoms with van der Waals surface area (Å²) in [6.45, 7) is 7.06. The first-order chi connectivity index (χ1) is 15.9. The van der Waals surface area contributed by atoms with Crippen LogP contribution in [0.5, 0.6) is 5.75 Å². The number of rotatable bonds is 7. The maximum Gasteiger partial charge on any atom is 0.338 e. The molecule has 1 aromatic carbocycles. The number of hydrogen-bond acceptors (Lipinski definition) is 6. The number of amides is 3. The maximum absolute atomic E-state index is 13.1. The molecular formula is C24H34N4O5. The van der Waals surface area contributed by atoms with Gasteiger partial charge in [0.25, 0.3) is 0 Å². The van der Waals surface area contributed by atoms with Crippen molar-refractivity contribution in [2.75, 3.05) is 53.5 Å². The van der Waals surface area contributed by atoms with Crippen molar-refractivity contribution in [2.45, 2.75) is 32.7 Å². The Morgan fingerprint density at radius 1 is 1.15 bits per heavy atom. The van der Waals surface area contributed by atoms with Crippen LogP contribution >= 0.6 is 0 Å². The number of ether oxygens (including phenoxy) is 2. The molecule has 3 amide bonds. The second-order valence-electron chi connectivity index (χ2n) is 8.16. The minimum absolute atomic E-state index is 0.149. The van der Waals surface area contributed by atoms with Crippen molar-refractivity contribution in [3.63, 3.8) is 0 Å². The van der Waals surface area contributed by atoms with E-state index in [1.54, 1.807) is 21.1 Å². The monoisotopic (exact) mass is 458 g/mol. The summed E-state index contributed by atoms with van der Waals surface area (Å²) < 4.78 is 10.7. The molecule has 0 spiro atoms. The average Bonchev–Trinajstić information content (AvgIpc) is 3.07. The van der Waals surface area contributed by atoms with Gasteiger partial charge in [-0.1, -0.05) is 19.1 Å². The molecular weight excluding hydrogens is 424 g/mol. The zero-order valence-corrected chi connectivity index (χ0v) is 19.9. The minimum Gasteiger partial charge on any atom is -0.497 e. The lowest BCUT2D eigenvalue weighted by Crippen LogP contribution is -2.49. The summed E-state index contributed by atoms with van der Waals surface area (Å²) in [6.07, 6.45) is 1.33. The van der Waals surface area contributed by atoms with Gasteiger partial charge in [0.2, 0.25) is 5.91 Å². The Kier molecular flexibility index (Phi) is 8.32. The van der Waals surface area contributed by atoms with E-state index in [0.717, 1.165) is 25.1 Å². The normalized spacial score (nSPS) is 19.8. The van der Waals surface area contributed by atoms with Gasteiger partial charge in [0.1, 0.15) is 5.75 Å². The second kappa shape index (κ2) is 11.2. The van der Waals surface area contributed by atoms with E-state index in [4.69, 9.17) is 9.47 Å². The minimum atomic E-state index is -0.650. The first-order valence-corrected chi connectivity index (χ1v) is 11.5. The van der Waals surface area contributed by atoms with Gasteiger partial charge in [0.15, 0.2) is 0 Å². The highest BCUT2D eigenvalue weighted by molar-refractivity contribution is 5.95. The van der Waals surface area contributed by atoms with Gasteiger partial charge in [0.05, 0.1) is 25.3 Å². The van der Waals surface area contributed by atoms with Crippen LogP contribution in [0.4, 0.5) is 4.79 Å². The average molecular weight is 459 g/mol. The lowest BCUT2D eigenvalue weighted by atomic mass is 9.94. The fourth-order valence-corrected chi connectivity index (χ4v) is 4.28. The third-order valence-electron chi connectivity index (χ3n) is 6.12. The molecule has 2 aliphatic heterocycles. The number of carbonyl (C=O) groups excluding carboxylic acids is 3. The molecule has 0 aliphatic carbocycles. The molecule has 1 fully saturated rings. The van der Waals surface area contributed by atoms with E-state index >= 15 is 0 Å². The van der Waals surface area contributed by atoms with E-state index in [1.165, 1.54) is 4.90 Å². The summed E-state index contributed by atoms with van der Waals surface area (Å²) in [5.41, 5.74) is 1.77. The fraction of sp³-hybridized carbons (Fsp3) is 0.542. The van der Waals surface area contributed by atoms with Crippen molar-refractivity contribution >= 4 is 17.9 Å². The van der Waals surface area contributed by atoms with Crippen LogP contribution in [0.15, 0.2) is 35.5 Å². The van der Waals surface area contributed by atoms with Crippen LogP contribution in [0, 0.1) is 0 Å². The molecule has 0 saturated carbocycles. The maximum atomic E-state index is 13.1. The highest BCUT2D eigenvalue weighted by atomic mass is 16.5. The Bertz CT molecular complexity index is 916. The molecule has 9 heteroatoms. The third-order valence-corrected chi connectivity index (χ3v) is 6.12. The Morgan fingerprint density at radius 2 is 1.94 bits per heavy atom.